The lowest BCUT2D eigenvalue weighted by Gasteiger charge is -2.29. The maximum absolute atomic E-state index is 12.2. The molecule has 1 amide bonds. The van der Waals surface area contributed by atoms with Crippen molar-refractivity contribution >= 4 is 6.03 Å². The molecule has 0 bridgehead atoms. The van der Waals surface area contributed by atoms with Crippen molar-refractivity contribution in [2.45, 2.75) is 45.1 Å². The second-order valence-corrected chi connectivity index (χ2v) is 4.36. The van der Waals surface area contributed by atoms with Crippen LogP contribution in [-0.2, 0) is 0 Å². The van der Waals surface area contributed by atoms with Gasteiger partial charge in [0.25, 0.3) is 0 Å². The lowest BCUT2D eigenvalue weighted by Crippen LogP contribution is -2.41. The molecule has 1 aliphatic heterocycles. The van der Waals surface area contributed by atoms with Gasteiger partial charge in [0.1, 0.15) is 6.33 Å². The molecule has 0 spiro atoms. The summed E-state index contributed by atoms with van der Waals surface area (Å²) < 4.78 is 1.58. The number of hydrogen-bond acceptors (Lipinski definition) is 2. The van der Waals surface area contributed by atoms with Gasteiger partial charge in [-0.05, 0) is 19.3 Å². The van der Waals surface area contributed by atoms with Gasteiger partial charge in [0.05, 0.1) is 0 Å². The Morgan fingerprint density at radius 1 is 1.44 bits per heavy atom. The van der Waals surface area contributed by atoms with Gasteiger partial charge in [0.15, 0.2) is 0 Å². The lowest BCUT2D eigenvalue weighted by molar-refractivity contribution is 0.175. The number of carbonyl (C=O) groups excluding carboxylic acids is 1. The van der Waals surface area contributed by atoms with E-state index >= 15 is 0 Å². The zero-order chi connectivity index (χ0) is 11.4. The van der Waals surface area contributed by atoms with Crippen molar-refractivity contribution in [3.8, 4) is 0 Å². The minimum Gasteiger partial charge on any atom is -0.321 e. The Labute approximate surface area is 96.3 Å². The molecule has 0 radical (unpaired) electrons. The molecule has 16 heavy (non-hydrogen) atoms. The highest BCUT2D eigenvalue weighted by molar-refractivity contribution is 5.77. The van der Waals surface area contributed by atoms with Crippen molar-refractivity contribution in [2.75, 3.05) is 6.54 Å². The monoisotopic (exact) mass is 221 g/mol. The van der Waals surface area contributed by atoms with E-state index in [0.29, 0.717) is 6.04 Å². The summed E-state index contributed by atoms with van der Waals surface area (Å²) in [5, 5.41) is 0. The van der Waals surface area contributed by atoms with Crippen LogP contribution in [0.4, 0.5) is 4.79 Å². The predicted molar refractivity (Wildman–Crippen MR) is 62.3 cm³/mol. The largest absolute Gasteiger partial charge is 0.329 e. The van der Waals surface area contributed by atoms with Crippen molar-refractivity contribution in [1.82, 2.24) is 14.5 Å². The molecule has 0 N–H and O–H groups in total. The number of carbonyl (C=O) groups is 1. The molecule has 4 nitrogen and oxygen atoms in total. The van der Waals surface area contributed by atoms with Crippen LogP contribution in [0, 0.1) is 0 Å². The first-order valence-electron chi connectivity index (χ1n) is 6.12. The molecule has 1 unspecified atom stereocenters. The van der Waals surface area contributed by atoms with Gasteiger partial charge in [0, 0.05) is 25.0 Å². The fraction of sp³-hybridized carbons (Fsp3) is 0.667. The fourth-order valence-electron chi connectivity index (χ4n) is 2.37. The van der Waals surface area contributed by atoms with E-state index in [4.69, 9.17) is 0 Å². The van der Waals surface area contributed by atoms with Gasteiger partial charge in [-0.2, -0.15) is 0 Å². The van der Waals surface area contributed by atoms with Crippen LogP contribution in [0.1, 0.15) is 39.0 Å². The van der Waals surface area contributed by atoms with Gasteiger partial charge < -0.3 is 4.90 Å². The van der Waals surface area contributed by atoms with Crippen LogP contribution in [0.5, 0.6) is 0 Å². The van der Waals surface area contributed by atoms with Gasteiger partial charge >= 0.3 is 6.03 Å². The summed E-state index contributed by atoms with van der Waals surface area (Å²) in [4.78, 5) is 18.2. The first-order chi connectivity index (χ1) is 7.83. The maximum atomic E-state index is 12.2. The Morgan fingerprint density at radius 3 is 3.00 bits per heavy atom. The molecule has 2 heterocycles. The quantitative estimate of drug-likeness (QED) is 0.730. The summed E-state index contributed by atoms with van der Waals surface area (Å²) in [6, 6.07) is 0.476. The standard InChI is InChI=1S/C12H19N3O/c1-2-11-6-4-3-5-8-15(11)12(16)14-9-7-13-10-14/h7,9-11H,2-6,8H2,1H3. The molecule has 1 aromatic heterocycles. The molecular weight excluding hydrogens is 202 g/mol. The summed E-state index contributed by atoms with van der Waals surface area (Å²) >= 11 is 0. The Morgan fingerprint density at radius 2 is 2.31 bits per heavy atom. The minimum atomic E-state index is 0.0752. The van der Waals surface area contributed by atoms with Crippen LogP contribution < -0.4 is 0 Å². The van der Waals surface area contributed by atoms with Gasteiger partial charge in [-0.1, -0.05) is 19.8 Å². The zero-order valence-corrected chi connectivity index (χ0v) is 9.80. The molecule has 88 valence electrons. The smallest absolute Gasteiger partial charge is 0.321 e. The number of hydrogen-bond donors (Lipinski definition) is 0. The van der Waals surface area contributed by atoms with E-state index < -0.39 is 0 Å². The molecule has 1 saturated heterocycles. The van der Waals surface area contributed by atoms with Crippen LogP contribution in [0.15, 0.2) is 18.7 Å². The van der Waals surface area contributed by atoms with Gasteiger partial charge in [0.2, 0.25) is 0 Å². The van der Waals surface area contributed by atoms with Gasteiger partial charge in [-0.3, -0.25) is 4.57 Å². The molecule has 0 aliphatic carbocycles. The Bertz CT molecular complexity index is 334. The SMILES string of the molecule is CCC1CCCCCN1C(=O)n1ccnc1. The zero-order valence-electron chi connectivity index (χ0n) is 9.80. The number of nitrogens with zero attached hydrogens (tertiary/aromatic N) is 3. The van der Waals surface area contributed by atoms with Crippen molar-refractivity contribution in [2.24, 2.45) is 0 Å². The maximum Gasteiger partial charge on any atom is 0.329 e. The summed E-state index contributed by atoms with van der Waals surface area (Å²) in [5.41, 5.74) is 0. The molecule has 0 saturated carbocycles. The van der Waals surface area contributed by atoms with E-state index in [9.17, 15) is 4.79 Å². The van der Waals surface area contributed by atoms with E-state index in [0.717, 1.165) is 25.8 Å². The van der Waals surface area contributed by atoms with Crippen LogP contribution in [0.3, 0.4) is 0 Å². The van der Waals surface area contributed by atoms with E-state index in [2.05, 4.69) is 11.9 Å². The molecule has 2 rings (SSSR count). The van der Waals surface area contributed by atoms with Crippen LogP contribution >= 0.6 is 0 Å². The molecule has 1 aliphatic rings. The van der Waals surface area contributed by atoms with Crippen LogP contribution in [0.2, 0.25) is 0 Å². The topological polar surface area (TPSA) is 38.1 Å². The van der Waals surface area contributed by atoms with Crippen LogP contribution in [-0.4, -0.2) is 33.1 Å². The summed E-state index contributed by atoms with van der Waals surface area (Å²) in [6.45, 7) is 3.04. The number of rotatable bonds is 1. The van der Waals surface area contributed by atoms with Crippen molar-refractivity contribution < 1.29 is 4.79 Å². The molecule has 1 aromatic rings. The lowest BCUT2D eigenvalue weighted by atomic mass is 10.1. The molecule has 1 fully saturated rings. The Kier molecular flexibility index (Phi) is 3.59. The highest BCUT2D eigenvalue weighted by atomic mass is 16.2. The predicted octanol–water partition coefficient (Wildman–Crippen LogP) is 2.51. The minimum absolute atomic E-state index is 0.0752. The third kappa shape index (κ3) is 2.26. The summed E-state index contributed by atoms with van der Waals surface area (Å²) in [5.74, 6) is 0. The molecule has 0 aromatic carbocycles. The average Bonchev–Trinajstić information content (AvgIpc) is 2.73. The first-order valence-corrected chi connectivity index (χ1v) is 6.12. The Hall–Kier alpha value is -1.32. The van der Waals surface area contributed by atoms with Crippen molar-refractivity contribution in [1.29, 1.82) is 0 Å². The average molecular weight is 221 g/mol. The summed E-state index contributed by atoms with van der Waals surface area (Å²) in [6.07, 6.45) is 10.7. The number of aromatic nitrogens is 2. The fourth-order valence-corrected chi connectivity index (χ4v) is 2.37. The van der Waals surface area contributed by atoms with Gasteiger partial charge in [-0.25, -0.2) is 9.78 Å². The van der Waals surface area contributed by atoms with E-state index in [1.165, 1.54) is 12.8 Å². The first kappa shape index (κ1) is 11.2. The van der Waals surface area contributed by atoms with E-state index in [1.54, 1.807) is 23.3 Å². The van der Waals surface area contributed by atoms with E-state index in [1.807, 2.05) is 4.90 Å². The van der Waals surface area contributed by atoms with Crippen LogP contribution in [0.25, 0.3) is 0 Å². The molecule has 4 heteroatoms. The Balaban J connectivity index is 2.13. The number of imidazole rings is 1. The highest BCUT2D eigenvalue weighted by Crippen LogP contribution is 2.19. The summed E-state index contributed by atoms with van der Waals surface area (Å²) in [7, 11) is 0. The van der Waals surface area contributed by atoms with Crippen molar-refractivity contribution in [3.05, 3.63) is 18.7 Å². The van der Waals surface area contributed by atoms with E-state index in [-0.39, 0.29) is 6.03 Å². The second-order valence-electron chi connectivity index (χ2n) is 4.36. The third-order valence-electron chi connectivity index (χ3n) is 3.32. The normalized spacial score (nSPS) is 21.8. The van der Waals surface area contributed by atoms with Crippen molar-refractivity contribution in [3.63, 3.8) is 0 Å². The molecular formula is C12H19N3O. The van der Waals surface area contributed by atoms with Gasteiger partial charge in [-0.15, -0.1) is 0 Å². The third-order valence-corrected chi connectivity index (χ3v) is 3.32. The number of amides is 1. The number of likely N-dealkylation sites (tertiary alicyclic amines) is 1. The molecule has 1 atom stereocenters. The highest BCUT2D eigenvalue weighted by Gasteiger charge is 2.24. The second kappa shape index (κ2) is 5.14.